The second-order valence-electron chi connectivity index (χ2n) is 3.38. The van der Waals surface area contributed by atoms with Gasteiger partial charge in [0, 0.05) is 17.8 Å². The fourth-order valence-corrected chi connectivity index (χ4v) is 2.40. The van der Waals surface area contributed by atoms with Crippen LogP contribution in [0, 0.1) is 6.92 Å². The van der Waals surface area contributed by atoms with E-state index in [2.05, 4.69) is 20.9 Å². The summed E-state index contributed by atoms with van der Waals surface area (Å²) >= 11 is 4.77. The molecule has 0 amide bonds. The van der Waals surface area contributed by atoms with E-state index in [9.17, 15) is 4.79 Å². The van der Waals surface area contributed by atoms with Crippen molar-refractivity contribution in [3.05, 3.63) is 43.2 Å². The third kappa shape index (κ3) is 2.03. The molecule has 0 saturated carbocycles. The zero-order valence-corrected chi connectivity index (χ0v) is 11.0. The summed E-state index contributed by atoms with van der Waals surface area (Å²) in [5.41, 5.74) is 7.11. The van der Waals surface area contributed by atoms with Gasteiger partial charge in [0.1, 0.15) is 5.01 Å². The van der Waals surface area contributed by atoms with E-state index in [0.717, 1.165) is 10.6 Å². The van der Waals surface area contributed by atoms with Gasteiger partial charge in [-0.15, -0.1) is 11.3 Å². The molecule has 4 nitrogen and oxygen atoms in total. The molecular formula is C10H10BrN3OS. The Labute approximate surface area is 105 Å². The molecule has 0 spiro atoms. The average Bonchev–Trinajstić information content (AvgIpc) is 2.76. The topological polar surface area (TPSA) is 60.9 Å². The molecule has 84 valence electrons. The zero-order valence-electron chi connectivity index (χ0n) is 8.61. The van der Waals surface area contributed by atoms with E-state index >= 15 is 0 Å². The van der Waals surface area contributed by atoms with Gasteiger partial charge in [0.15, 0.2) is 0 Å². The molecule has 2 aromatic rings. The van der Waals surface area contributed by atoms with Gasteiger partial charge in [-0.05, 0) is 28.4 Å². The van der Waals surface area contributed by atoms with Crippen LogP contribution in [-0.2, 0) is 6.54 Å². The molecule has 0 radical (unpaired) electrons. The molecule has 0 bridgehead atoms. The molecule has 0 aliphatic carbocycles. The molecular weight excluding hydrogens is 290 g/mol. The van der Waals surface area contributed by atoms with Gasteiger partial charge in [0.25, 0.3) is 5.56 Å². The number of nitrogen functional groups attached to an aromatic ring is 1. The summed E-state index contributed by atoms with van der Waals surface area (Å²) in [5.74, 6) is 0. The first-order valence-corrected chi connectivity index (χ1v) is 6.30. The predicted molar refractivity (Wildman–Crippen MR) is 68.8 cm³/mol. The molecule has 16 heavy (non-hydrogen) atoms. The molecule has 2 N–H and O–H groups in total. The molecule has 0 unspecified atom stereocenters. The summed E-state index contributed by atoms with van der Waals surface area (Å²) < 4.78 is 2.08. The Hall–Kier alpha value is -1.14. The van der Waals surface area contributed by atoms with Crippen molar-refractivity contribution in [1.82, 2.24) is 9.55 Å². The number of anilines is 1. The number of thiazole rings is 1. The Morgan fingerprint density at radius 3 is 3.00 bits per heavy atom. The maximum Gasteiger partial charge on any atom is 0.265 e. The van der Waals surface area contributed by atoms with E-state index in [-0.39, 0.29) is 5.56 Å². The second kappa shape index (κ2) is 4.39. The molecule has 0 atom stereocenters. The van der Waals surface area contributed by atoms with Gasteiger partial charge in [0.05, 0.1) is 16.7 Å². The van der Waals surface area contributed by atoms with Gasteiger partial charge in [-0.25, -0.2) is 4.98 Å². The first-order valence-electron chi connectivity index (χ1n) is 4.63. The van der Waals surface area contributed by atoms with Crippen LogP contribution in [0.25, 0.3) is 0 Å². The number of aromatic nitrogens is 2. The van der Waals surface area contributed by atoms with Gasteiger partial charge >= 0.3 is 0 Å². The number of halogens is 1. The smallest absolute Gasteiger partial charge is 0.265 e. The average molecular weight is 300 g/mol. The highest BCUT2D eigenvalue weighted by molar-refractivity contribution is 9.10. The van der Waals surface area contributed by atoms with Gasteiger partial charge in [-0.2, -0.15) is 0 Å². The largest absolute Gasteiger partial charge is 0.397 e. The van der Waals surface area contributed by atoms with Crippen molar-refractivity contribution >= 4 is 33.0 Å². The molecule has 6 heteroatoms. The van der Waals surface area contributed by atoms with E-state index in [1.54, 1.807) is 17.0 Å². The highest BCUT2D eigenvalue weighted by atomic mass is 79.9. The van der Waals surface area contributed by atoms with E-state index in [1.165, 1.54) is 11.3 Å². The molecule has 2 rings (SSSR count). The van der Waals surface area contributed by atoms with Crippen LogP contribution in [0.2, 0.25) is 0 Å². The number of pyridine rings is 1. The summed E-state index contributed by atoms with van der Waals surface area (Å²) in [6.45, 7) is 2.27. The molecule has 2 heterocycles. The van der Waals surface area contributed by atoms with E-state index in [0.29, 0.717) is 16.7 Å². The first-order chi connectivity index (χ1) is 7.59. The lowest BCUT2D eigenvalue weighted by Crippen LogP contribution is -2.22. The lowest BCUT2D eigenvalue weighted by molar-refractivity contribution is 0.749. The molecule has 0 saturated heterocycles. The first kappa shape index (κ1) is 11.3. The SMILES string of the molecule is Cc1c(N)cn(Cc2nccs2)c(=O)c1Br. The predicted octanol–water partition coefficient (Wildman–Crippen LogP) is 2.01. The highest BCUT2D eigenvalue weighted by Crippen LogP contribution is 2.17. The zero-order chi connectivity index (χ0) is 11.7. The summed E-state index contributed by atoms with van der Waals surface area (Å²) in [6, 6.07) is 0. The van der Waals surface area contributed by atoms with Crippen molar-refractivity contribution in [1.29, 1.82) is 0 Å². The molecule has 2 aromatic heterocycles. The number of hydrogen-bond acceptors (Lipinski definition) is 4. The molecule has 0 aliphatic rings. The number of nitrogens with zero attached hydrogens (tertiary/aromatic N) is 2. The Bertz CT molecular complexity index is 562. The maximum absolute atomic E-state index is 11.9. The summed E-state index contributed by atoms with van der Waals surface area (Å²) in [4.78, 5) is 16.0. The fraction of sp³-hybridized carbons (Fsp3) is 0.200. The Balaban J connectivity index is 2.46. The monoisotopic (exact) mass is 299 g/mol. The van der Waals surface area contributed by atoms with Gasteiger partial charge < -0.3 is 10.3 Å². The van der Waals surface area contributed by atoms with Gasteiger partial charge in [-0.3, -0.25) is 4.79 Å². The Morgan fingerprint density at radius 2 is 2.38 bits per heavy atom. The summed E-state index contributed by atoms with van der Waals surface area (Å²) in [5, 5.41) is 2.77. The van der Waals surface area contributed by atoms with Gasteiger partial charge in [-0.1, -0.05) is 0 Å². The van der Waals surface area contributed by atoms with Crippen LogP contribution in [0.3, 0.4) is 0 Å². The number of rotatable bonds is 2. The minimum absolute atomic E-state index is 0.0816. The minimum Gasteiger partial charge on any atom is -0.397 e. The van der Waals surface area contributed by atoms with Crippen LogP contribution < -0.4 is 11.3 Å². The van der Waals surface area contributed by atoms with E-state index in [4.69, 9.17) is 5.73 Å². The van der Waals surface area contributed by atoms with E-state index in [1.807, 2.05) is 12.3 Å². The summed E-state index contributed by atoms with van der Waals surface area (Å²) in [6.07, 6.45) is 3.38. The fourth-order valence-electron chi connectivity index (χ4n) is 1.33. The van der Waals surface area contributed by atoms with Crippen molar-refractivity contribution in [3.63, 3.8) is 0 Å². The van der Waals surface area contributed by atoms with Crippen LogP contribution >= 0.6 is 27.3 Å². The second-order valence-corrected chi connectivity index (χ2v) is 5.15. The van der Waals surface area contributed by atoms with Crippen molar-refractivity contribution in [2.75, 3.05) is 5.73 Å². The van der Waals surface area contributed by atoms with Crippen LogP contribution in [-0.4, -0.2) is 9.55 Å². The van der Waals surface area contributed by atoms with Crippen LogP contribution in [0.5, 0.6) is 0 Å². The van der Waals surface area contributed by atoms with Crippen molar-refractivity contribution in [2.45, 2.75) is 13.5 Å². The summed E-state index contributed by atoms with van der Waals surface area (Å²) in [7, 11) is 0. The lowest BCUT2D eigenvalue weighted by Gasteiger charge is -2.08. The third-order valence-electron chi connectivity index (χ3n) is 2.29. The van der Waals surface area contributed by atoms with Crippen molar-refractivity contribution in [3.8, 4) is 0 Å². The number of nitrogens with two attached hydrogens (primary N) is 1. The van der Waals surface area contributed by atoms with E-state index < -0.39 is 0 Å². The van der Waals surface area contributed by atoms with Crippen LogP contribution in [0.1, 0.15) is 10.6 Å². The highest BCUT2D eigenvalue weighted by Gasteiger charge is 2.09. The lowest BCUT2D eigenvalue weighted by atomic mass is 10.2. The quantitative estimate of drug-likeness (QED) is 0.923. The van der Waals surface area contributed by atoms with Crippen molar-refractivity contribution < 1.29 is 0 Å². The van der Waals surface area contributed by atoms with Crippen LogP contribution in [0.15, 0.2) is 27.0 Å². The Kier molecular flexibility index (Phi) is 3.11. The molecule has 0 fully saturated rings. The van der Waals surface area contributed by atoms with Crippen molar-refractivity contribution in [2.24, 2.45) is 0 Å². The van der Waals surface area contributed by atoms with Gasteiger partial charge in [0.2, 0.25) is 0 Å². The Morgan fingerprint density at radius 1 is 1.62 bits per heavy atom. The molecule has 0 aliphatic heterocycles. The third-order valence-corrected chi connectivity index (χ3v) is 3.99. The maximum atomic E-state index is 11.9. The van der Waals surface area contributed by atoms with Crippen LogP contribution in [0.4, 0.5) is 5.69 Å². The normalized spacial score (nSPS) is 10.6. The molecule has 0 aromatic carbocycles. The standard InChI is InChI=1S/C10H10BrN3OS/c1-6-7(12)4-14(10(15)9(6)11)5-8-13-2-3-16-8/h2-4H,5,12H2,1H3. The minimum atomic E-state index is -0.0816. The number of hydrogen-bond donors (Lipinski definition) is 1.